The van der Waals surface area contributed by atoms with Gasteiger partial charge >= 0.3 is 5.69 Å². The quantitative estimate of drug-likeness (QED) is 0.469. The molecule has 1 heterocycles. The van der Waals surface area contributed by atoms with Crippen LogP contribution in [-0.4, -0.2) is 30.6 Å². The summed E-state index contributed by atoms with van der Waals surface area (Å²) in [5.41, 5.74) is 0.807. The number of primary sulfonamides is 1. The molecule has 1 aromatic carbocycles. The molecule has 8 nitrogen and oxygen atoms in total. The molecule has 0 fully saturated rings. The number of nitrogens with two attached hydrogens (primary N) is 1. The van der Waals surface area contributed by atoms with Crippen LogP contribution in [0.5, 0.6) is 0 Å². The van der Waals surface area contributed by atoms with Crippen LogP contribution in [0.4, 0.5) is 11.4 Å². The Morgan fingerprint density at radius 3 is 2.71 bits per heavy atom. The molecule has 2 rings (SSSR count). The van der Waals surface area contributed by atoms with E-state index in [1.807, 2.05) is 0 Å². The number of nitrogens with zero attached hydrogens (tertiary/aromatic N) is 2. The molecule has 21 heavy (non-hydrogen) atoms. The van der Waals surface area contributed by atoms with E-state index >= 15 is 0 Å². The van der Waals surface area contributed by atoms with Crippen molar-refractivity contribution in [2.75, 3.05) is 17.6 Å². The number of para-hydroxylation sites is 1. The van der Waals surface area contributed by atoms with Gasteiger partial charge in [-0.3, -0.25) is 10.1 Å². The summed E-state index contributed by atoms with van der Waals surface area (Å²) in [4.78, 5) is 14.6. The third kappa shape index (κ3) is 3.86. The summed E-state index contributed by atoms with van der Waals surface area (Å²) >= 11 is 0. The number of benzene rings is 1. The van der Waals surface area contributed by atoms with Gasteiger partial charge in [-0.05, 0) is 12.5 Å². The van der Waals surface area contributed by atoms with Crippen LogP contribution >= 0.6 is 0 Å². The number of nitro groups is 1. The van der Waals surface area contributed by atoms with Gasteiger partial charge in [-0.2, -0.15) is 0 Å². The fourth-order valence-corrected chi connectivity index (χ4v) is 2.49. The second-order valence-electron chi connectivity index (χ2n) is 4.44. The third-order valence-corrected chi connectivity index (χ3v) is 3.72. The summed E-state index contributed by atoms with van der Waals surface area (Å²) in [5.74, 6) is -0.184. The van der Waals surface area contributed by atoms with Gasteiger partial charge in [0, 0.05) is 11.9 Å². The lowest BCUT2D eigenvalue weighted by atomic mass is 10.1. The fourth-order valence-electron chi connectivity index (χ4n) is 1.94. The number of rotatable bonds is 6. The van der Waals surface area contributed by atoms with Crippen molar-refractivity contribution in [3.63, 3.8) is 0 Å². The van der Waals surface area contributed by atoms with Crippen molar-refractivity contribution in [1.29, 1.82) is 0 Å². The highest BCUT2D eigenvalue weighted by molar-refractivity contribution is 7.89. The van der Waals surface area contributed by atoms with Gasteiger partial charge in [0.25, 0.3) is 0 Å². The molecule has 0 radical (unpaired) electrons. The van der Waals surface area contributed by atoms with E-state index in [1.54, 1.807) is 24.3 Å². The predicted molar refractivity (Wildman–Crippen MR) is 79.5 cm³/mol. The second-order valence-corrected chi connectivity index (χ2v) is 6.17. The third-order valence-electron chi connectivity index (χ3n) is 2.86. The highest BCUT2D eigenvalue weighted by Gasteiger charge is 2.17. The van der Waals surface area contributed by atoms with Gasteiger partial charge in [-0.25, -0.2) is 18.5 Å². The standard InChI is InChI=1S/C12H14N4O4S/c13-21(19,20)7-3-6-14-12-9-4-1-2-5-10(9)15-8-11(12)16(17)18/h1-2,4-5,8H,3,6-7H2,(H,14,15)(H2,13,19,20). The molecule has 0 unspecified atom stereocenters. The summed E-state index contributed by atoms with van der Waals surface area (Å²) in [6.45, 7) is 0.255. The minimum absolute atomic E-state index is 0.149. The molecule has 0 spiro atoms. The predicted octanol–water partition coefficient (Wildman–Crippen LogP) is 1.23. The number of nitrogens with one attached hydrogen (secondary N) is 1. The molecule has 0 bridgehead atoms. The van der Waals surface area contributed by atoms with Gasteiger partial charge in [-0.15, -0.1) is 0 Å². The molecule has 0 saturated heterocycles. The number of pyridine rings is 1. The number of hydrogen-bond acceptors (Lipinski definition) is 6. The van der Waals surface area contributed by atoms with Crippen LogP contribution in [0, 0.1) is 10.1 Å². The zero-order valence-electron chi connectivity index (χ0n) is 11.0. The Bertz CT molecular complexity index is 776. The van der Waals surface area contributed by atoms with Crippen molar-refractivity contribution in [3.8, 4) is 0 Å². The van der Waals surface area contributed by atoms with Crippen LogP contribution in [0.25, 0.3) is 10.9 Å². The highest BCUT2D eigenvalue weighted by Crippen LogP contribution is 2.31. The summed E-state index contributed by atoms with van der Waals surface area (Å²) in [6.07, 6.45) is 1.44. The van der Waals surface area contributed by atoms with Crippen LogP contribution in [-0.2, 0) is 10.0 Å². The van der Waals surface area contributed by atoms with Gasteiger partial charge in [0.1, 0.15) is 11.9 Å². The Labute approximate surface area is 121 Å². The molecule has 0 atom stereocenters. The maximum absolute atomic E-state index is 11.1. The summed E-state index contributed by atoms with van der Waals surface area (Å²) in [6, 6.07) is 7.00. The van der Waals surface area contributed by atoms with Crippen molar-refractivity contribution < 1.29 is 13.3 Å². The lowest BCUT2D eigenvalue weighted by molar-refractivity contribution is -0.384. The first-order chi connectivity index (χ1) is 9.88. The van der Waals surface area contributed by atoms with Crippen LogP contribution < -0.4 is 10.5 Å². The Hall–Kier alpha value is -2.26. The van der Waals surface area contributed by atoms with E-state index in [0.717, 1.165) is 0 Å². The van der Waals surface area contributed by atoms with Gasteiger partial charge in [0.05, 0.1) is 16.2 Å². The van der Waals surface area contributed by atoms with Crippen molar-refractivity contribution >= 4 is 32.3 Å². The monoisotopic (exact) mass is 310 g/mol. The molecule has 3 N–H and O–H groups in total. The maximum Gasteiger partial charge on any atom is 0.311 e. The average molecular weight is 310 g/mol. The van der Waals surface area contributed by atoms with Crippen molar-refractivity contribution in [2.24, 2.45) is 5.14 Å². The first kappa shape index (κ1) is 15.1. The number of sulfonamides is 1. The van der Waals surface area contributed by atoms with Crippen molar-refractivity contribution in [2.45, 2.75) is 6.42 Å². The molecule has 0 aliphatic rings. The van der Waals surface area contributed by atoms with Crippen LogP contribution in [0.1, 0.15) is 6.42 Å². The molecular formula is C12H14N4O4S. The molecule has 2 aromatic rings. The van der Waals surface area contributed by atoms with Gasteiger partial charge in [0.2, 0.25) is 10.0 Å². The van der Waals surface area contributed by atoms with Crippen LogP contribution in [0.2, 0.25) is 0 Å². The molecule has 9 heteroatoms. The fraction of sp³-hybridized carbons (Fsp3) is 0.250. The van der Waals surface area contributed by atoms with E-state index in [4.69, 9.17) is 5.14 Å². The Morgan fingerprint density at radius 2 is 2.05 bits per heavy atom. The first-order valence-corrected chi connectivity index (χ1v) is 7.86. The number of aromatic nitrogens is 1. The lowest BCUT2D eigenvalue weighted by Gasteiger charge is -2.09. The number of fused-ring (bicyclic) bond motifs is 1. The Morgan fingerprint density at radius 1 is 1.33 bits per heavy atom. The van der Waals surface area contributed by atoms with Gasteiger partial charge in [-0.1, -0.05) is 18.2 Å². The normalized spacial score (nSPS) is 11.5. The lowest BCUT2D eigenvalue weighted by Crippen LogP contribution is -2.19. The summed E-state index contributed by atoms with van der Waals surface area (Å²) < 4.78 is 21.7. The SMILES string of the molecule is NS(=O)(=O)CCCNc1c([N+](=O)[O-])cnc2ccccc12. The maximum atomic E-state index is 11.1. The minimum atomic E-state index is -3.53. The van der Waals surface area contributed by atoms with Gasteiger partial charge in [0.15, 0.2) is 0 Å². The van der Waals surface area contributed by atoms with Crippen molar-refractivity contribution in [1.82, 2.24) is 4.98 Å². The van der Waals surface area contributed by atoms with E-state index in [-0.39, 0.29) is 24.4 Å². The topological polar surface area (TPSA) is 128 Å². The van der Waals surface area contributed by atoms with E-state index in [0.29, 0.717) is 16.6 Å². The number of anilines is 1. The first-order valence-electron chi connectivity index (χ1n) is 6.15. The largest absolute Gasteiger partial charge is 0.379 e. The molecule has 0 amide bonds. The van der Waals surface area contributed by atoms with E-state index in [9.17, 15) is 18.5 Å². The zero-order chi connectivity index (χ0) is 15.5. The molecule has 0 aliphatic carbocycles. The smallest absolute Gasteiger partial charge is 0.311 e. The van der Waals surface area contributed by atoms with E-state index < -0.39 is 14.9 Å². The van der Waals surface area contributed by atoms with E-state index in [1.165, 1.54) is 6.20 Å². The molecule has 1 aromatic heterocycles. The molecule has 0 aliphatic heterocycles. The minimum Gasteiger partial charge on any atom is -0.379 e. The highest BCUT2D eigenvalue weighted by atomic mass is 32.2. The van der Waals surface area contributed by atoms with Crippen LogP contribution in [0.15, 0.2) is 30.5 Å². The van der Waals surface area contributed by atoms with Gasteiger partial charge < -0.3 is 5.32 Å². The van der Waals surface area contributed by atoms with E-state index in [2.05, 4.69) is 10.3 Å². The van der Waals surface area contributed by atoms with Crippen molar-refractivity contribution in [3.05, 3.63) is 40.6 Å². The second kappa shape index (κ2) is 6.02. The zero-order valence-corrected chi connectivity index (χ0v) is 11.8. The van der Waals surface area contributed by atoms with Crippen LogP contribution in [0.3, 0.4) is 0 Å². The average Bonchev–Trinajstić information content (AvgIpc) is 2.42. The summed E-state index contributed by atoms with van der Waals surface area (Å²) in [7, 11) is -3.53. The Kier molecular flexibility index (Phi) is 4.34. The number of hydrogen-bond donors (Lipinski definition) is 2. The molecular weight excluding hydrogens is 296 g/mol. The molecule has 0 saturated carbocycles. The Balaban J connectivity index is 2.27. The molecule has 112 valence electrons. The summed E-state index contributed by atoms with van der Waals surface area (Å²) in [5, 5.41) is 19.5.